The highest BCUT2D eigenvalue weighted by atomic mass is 16.5. The number of Topliss-reactive ketones (excluding diaryl/α,β-unsaturated/α-hetero) is 1. The van der Waals surface area contributed by atoms with E-state index in [-0.39, 0.29) is 0 Å². The first-order valence-electron chi connectivity index (χ1n) is 7.53. The third-order valence-corrected chi connectivity index (χ3v) is 3.89. The Morgan fingerprint density at radius 3 is 2.85 bits per heavy atom. The number of carbonyl (C=O) groups is 1. The van der Waals surface area contributed by atoms with Crippen LogP contribution in [-0.4, -0.2) is 37.3 Å². The van der Waals surface area contributed by atoms with Crippen LogP contribution in [0, 0.1) is 6.92 Å². The molecule has 0 N–H and O–H groups in total. The Morgan fingerprint density at radius 1 is 1.20 bits per heavy atom. The summed E-state index contributed by atoms with van der Waals surface area (Å²) in [5.41, 5.74) is 3.43. The molecule has 4 heteroatoms. The summed E-state index contributed by atoms with van der Waals surface area (Å²) in [5.74, 6) is 0.316. The zero-order valence-corrected chi connectivity index (χ0v) is 12.6. The molecule has 0 atom stereocenters. The van der Waals surface area contributed by atoms with Crippen molar-refractivity contribution in [3.8, 4) is 0 Å². The number of hydrogen-bond donors (Lipinski definition) is 0. The van der Waals surface area contributed by atoms with Gasteiger partial charge >= 0.3 is 0 Å². The number of aryl methyl sites for hydroxylation is 1. The lowest BCUT2D eigenvalue weighted by Gasteiger charge is -2.16. The average Bonchev–Trinajstić information content (AvgIpc) is 2.76. The molecule has 0 fully saturated rings. The van der Waals surface area contributed by atoms with Gasteiger partial charge in [-0.2, -0.15) is 0 Å². The molecule has 1 aromatic rings. The standard InChI is InChI=1S/C16H25NO3/c1-13-12-14-15(6-5-7-16(14)18)17(13)8-3-4-9-20-11-10-19-2/h12H,3-11H2,1-2H3. The van der Waals surface area contributed by atoms with Gasteiger partial charge in [-0.1, -0.05) is 0 Å². The van der Waals surface area contributed by atoms with E-state index in [1.165, 1.54) is 11.4 Å². The van der Waals surface area contributed by atoms with Gasteiger partial charge in [0, 0.05) is 43.6 Å². The summed E-state index contributed by atoms with van der Waals surface area (Å²) in [4.78, 5) is 11.9. The smallest absolute Gasteiger partial charge is 0.164 e. The van der Waals surface area contributed by atoms with Gasteiger partial charge in [0.2, 0.25) is 0 Å². The molecule has 112 valence electrons. The minimum absolute atomic E-state index is 0.316. The summed E-state index contributed by atoms with van der Waals surface area (Å²) in [5, 5.41) is 0. The highest BCUT2D eigenvalue weighted by Crippen LogP contribution is 2.25. The highest BCUT2D eigenvalue weighted by molar-refractivity contribution is 5.98. The van der Waals surface area contributed by atoms with E-state index in [0.717, 1.165) is 44.4 Å². The summed E-state index contributed by atoms with van der Waals surface area (Å²) in [6.45, 7) is 5.20. The van der Waals surface area contributed by atoms with Crippen LogP contribution in [0.4, 0.5) is 0 Å². The van der Waals surface area contributed by atoms with Gasteiger partial charge in [0.15, 0.2) is 5.78 Å². The van der Waals surface area contributed by atoms with E-state index < -0.39 is 0 Å². The molecule has 1 heterocycles. The molecule has 0 saturated heterocycles. The van der Waals surface area contributed by atoms with Crippen LogP contribution in [0.2, 0.25) is 0 Å². The summed E-state index contributed by atoms with van der Waals surface area (Å²) in [6.07, 6.45) is 4.88. The van der Waals surface area contributed by atoms with Gasteiger partial charge in [-0.25, -0.2) is 0 Å². The van der Waals surface area contributed by atoms with E-state index in [1.807, 2.05) is 0 Å². The van der Waals surface area contributed by atoms with E-state index in [1.54, 1.807) is 7.11 Å². The largest absolute Gasteiger partial charge is 0.382 e. The number of fused-ring (bicyclic) bond motifs is 1. The first kappa shape index (κ1) is 15.3. The van der Waals surface area contributed by atoms with E-state index in [0.29, 0.717) is 25.4 Å². The second kappa shape index (κ2) is 7.60. The summed E-state index contributed by atoms with van der Waals surface area (Å²) >= 11 is 0. The number of carbonyl (C=O) groups excluding carboxylic acids is 1. The average molecular weight is 279 g/mol. The quantitative estimate of drug-likeness (QED) is 0.687. The molecule has 0 saturated carbocycles. The first-order chi connectivity index (χ1) is 9.74. The molecule has 0 unspecified atom stereocenters. The molecule has 0 spiro atoms. The van der Waals surface area contributed by atoms with Gasteiger partial charge in [0.05, 0.1) is 13.2 Å². The number of aromatic nitrogens is 1. The molecule has 1 aliphatic carbocycles. The minimum Gasteiger partial charge on any atom is -0.382 e. The number of hydrogen-bond acceptors (Lipinski definition) is 3. The number of unbranched alkanes of at least 4 members (excludes halogenated alkanes) is 1. The van der Waals surface area contributed by atoms with E-state index in [2.05, 4.69) is 17.6 Å². The zero-order chi connectivity index (χ0) is 14.4. The number of methoxy groups -OCH3 is 1. The molecule has 1 aliphatic rings. The summed E-state index contributed by atoms with van der Waals surface area (Å²) in [7, 11) is 1.68. The molecule has 2 rings (SSSR count). The zero-order valence-electron chi connectivity index (χ0n) is 12.6. The Morgan fingerprint density at radius 2 is 2.05 bits per heavy atom. The third-order valence-electron chi connectivity index (χ3n) is 3.89. The molecule has 0 bridgehead atoms. The van der Waals surface area contributed by atoms with Gasteiger partial charge in [-0.15, -0.1) is 0 Å². The fourth-order valence-corrected chi connectivity index (χ4v) is 2.82. The molecule has 0 aliphatic heterocycles. The normalized spacial score (nSPS) is 14.6. The number of rotatable bonds is 8. The molecule has 0 aromatic carbocycles. The van der Waals surface area contributed by atoms with Crippen LogP contribution in [0.5, 0.6) is 0 Å². The van der Waals surface area contributed by atoms with E-state index >= 15 is 0 Å². The number of nitrogens with zero attached hydrogens (tertiary/aromatic N) is 1. The van der Waals surface area contributed by atoms with Gasteiger partial charge in [0.1, 0.15) is 0 Å². The van der Waals surface area contributed by atoms with Crippen LogP contribution in [0.1, 0.15) is 47.4 Å². The van der Waals surface area contributed by atoms with Crippen molar-refractivity contribution in [1.29, 1.82) is 0 Å². The third kappa shape index (κ3) is 3.70. The Balaban J connectivity index is 1.80. The van der Waals surface area contributed by atoms with Crippen LogP contribution in [-0.2, 0) is 22.4 Å². The van der Waals surface area contributed by atoms with E-state index in [9.17, 15) is 4.79 Å². The molecular weight excluding hydrogens is 254 g/mol. The molecule has 20 heavy (non-hydrogen) atoms. The van der Waals surface area contributed by atoms with Crippen LogP contribution < -0.4 is 0 Å². The first-order valence-corrected chi connectivity index (χ1v) is 7.53. The lowest BCUT2D eigenvalue weighted by Crippen LogP contribution is -2.14. The predicted molar refractivity (Wildman–Crippen MR) is 78.4 cm³/mol. The van der Waals surface area contributed by atoms with Gasteiger partial charge in [0.25, 0.3) is 0 Å². The minimum atomic E-state index is 0.316. The second-order valence-corrected chi connectivity index (χ2v) is 5.39. The Labute approximate surface area is 121 Å². The lowest BCUT2D eigenvalue weighted by molar-refractivity contribution is 0.0684. The Hall–Kier alpha value is -1.13. The molecule has 1 aromatic heterocycles. The summed E-state index contributed by atoms with van der Waals surface area (Å²) in [6, 6.07) is 2.06. The van der Waals surface area contributed by atoms with Crippen LogP contribution >= 0.6 is 0 Å². The van der Waals surface area contributed by atoms with Gasteiger partial charge in [-0.05, 0) is 38.7 Å². The van der Waals surface area contributed by atoms with Crippen LogP contribution in [0.15, 0.2) is 6.07 Å². The maximum atomic E-state index is 11.9. The maximum absolute atomic E-state index is 11.9. The van der Waals surface area contributed by atoms with E-state index in [4.69, 9.17) is 9.47 Å². The topological polar surface area (TPSA) is 40.5 Å². The SMILES string of the molecule is COCCOCCCCn1c(C)cc2c1CCCC2=O. The van der Waals surface area contributed by atoms with Crippen molar-refractivity contribution in [2.24, 2.45) is 0 Å². The monoisotopic (exact) mass is 279 g/mol. The van der Waals surface area contributed by atoms with Crippen molar-refractivity contribution >= 4 is 5.78 Å². The second-order valence-electron chi connectivity index (χ2n) is 5.39. The molecular formula is C16H25NO3. The number of ether oxygens (including phenoxy) is 2. The van der Waals surface area contributed by atoms with Crippen molar-refractivity contribution in [2.45, 2.75) is 45.6 Å². The van der Waals surface area contributed by atoms with Crippen molar-refractivity contribution < 1.29 is 14.3 Å². The van der Waals surface area contributed by atoms with Gasteiger partial charge in [-0.3, -0.25) is 4.79 Å². The van der Waals surface area contributed by atoms with Crippen LogP contribution in [0.25, 0.3) is 0 Å². The maximum Gasteiger partial charge on any atom is 0.164 e. The van der Waals surface area contributed by atoms with Gasteiger partial charge < -0.3 is 14.0 Å². The fourth-order valence-electron chi connectivity index (χ4n) is 2.82. The fraction of sp³-hybridized carbons (Fsp3) is 0.688. The van der Waals surface area contributed by atoms with Crippen molar-refractivity contribution in [1.82, 2.24) is 4.57 Å². The Kier molecular flexibility index (Phi) is 5.80. The van der Waals surface area contributed by atoms with Crippen molar-refractivity contribution in [3.05, 3.63) is 23.0 Å². The lowest BCUT2D eigenvalue weighted by atomic mass is 9.96. The molecule has 0 radical (unpaired) electrons. The predicted octanol–water partition coefficient (Wildman–Crippen LogP) is 2.76. The van der Waals surface area contributed by atoms with Crippen molar-refractivity contribution in [3.63, 3.8) is 0 Å². The number of ketones is 1. The van der Waals surface area contributed by atoms with Crippen LogP contribution in [0.3, 0.4) is 0 Å². The van der Waals surface area contributed by atoms with Crippen molar-refractivity contribution in [2.75, 3.05) is 26.9 Å². The highest BCUT2D eigenvalue weighted by Gasteiger charge is 2.22. The Bertz CT molecular complexity index is 451. The summed E-state index contributed by atoms with van der Waals surface area (Å²) < 4.78 is 12.7. The molecule has 4 nitrogen and oxygen atoms in total. The molecule has 0 amide bonds.